The Balaban J connectivity index is 1.58. The van der Waals surface area contributed by atoms with Gasteiger partial charge in [0, 0.05) is 49.7 Å². The number of rotatable bonds is 4. The van der Waals surface area contributed by atoms with Crippen LogP contribution in [0.4, 0.5) is 4.79 Å². The molecule has 2 heterocycles. The van der Waals surface area contributed by atoms with E-state index in [1.54, 1.807) is 17.2 Å². The maximum atomic E-state index is 12.6. The lowest BCUT2D eigenvalue weighted by molar-refractivity contribution is 0.0752. The molecule has 0 aliphatic carbocycles. The summed E-state index contributed by atoms with van der Waals surface area (Å²) in [5, 5.41) is 0. The van der Waals surface area contributed by atoms with Gasteiger partial charge in [0.2, 0.25) is 0 Å². The van der Waals surface area contributed by atoms with Gasteiger partial charge in [-0.05, 0) is 25.5 Å². The quantitative estimate of drug-likeness (QED) is 0.900. The van der Waals surface area contributed by atoms with Gasteiger partial charge in [0.25, 0.3) is 0 Å². The number of benzene rings is 1. The highest BCUT2D eigenvalue weighted by atomic mass is 16.6. The predicted molar refractivity (Wildman–Crippen MR) is 106 cm³/mol. The van der Waals surface area contributed by atoms with Crippen molar-refractivity contribution in [2.45, 2.75) is 26.4 Å². The molecule has 1 aromatic carbocycles. The molecule has 0 unspecified atom stereocenters. The largest absolute Gasteiger partial charge is 0.415 e. The number of hydrogen-bond acceptors (Lipinski definition) is 5. The van der Waals surface area contributed by atoms with E-state index in [9.17, 15) is 4.79 Å². The van der Waals surface area contributed by atoms with Crippen LogP contribution in [0, 0.1) is 6.92 Å². The van der Waals surface area contributed by atoms with E-state index in [2.05, 4.69) is 47.7 Å². The first kappa shape index (κ1) is 18.9. The van der Waals surface area contributed by atoms with E-state index in [1.165, 1.54) is 17.3 Å². The van der Waals surface area contributed by atoms with Crippen LogP contribution in [0.15, 0.2) is 49.3 Å². The van der Waals surface area contributed by atoms with Crippen LogP contribution in [0.2, 0.25) is 0 Å². The number of nitrogens with two attached hydrogens (primary N) is 1. The monoisotopic (exact) mass is 366 g/mol. The van der Waals surface area contributed by atoms with Gasteiger partial charge in [-0.25, -0.2) is 4.79 Å². The van der Waals surface area contributed by atoms with Crippen LogP contribution in [-0.2, 0) is 6.54 Å². The molecule has 0 bridgehead atoms. The number of carbonyl (C=O) groups is 1. The van der Waals surface area contributed by atoms with E-state index in [0.717, 1.165) is 19.6 Å². The Morgan fingerprint density at radius 1 is 1.33 bits per heavy atom. The molecule has 3 rings (SSSR count). The lowest BCUT2D eigenvalue weighted by Gasteiger charge is -2.39. The maximum absolute atomic E-state index is 12.6. The van der Waals surface area contributed by atoms with Crippen LogP contribution in [0.3, 0.4) is 0 Å². The van der Waals surface area contributed by atoms with Gasteiger partial charge in [-0.3, -0.25) is 9.88 Å². The normalized spacial score (nSPS) is 17.6. The summed E-state index contributed by atoms with van der Waals surface area (Å²) in [5.41, 5.74) is 9.27. The third kappa shape index (κ3) is 4.86. The van der Waals surface area contributed by atoms with Gasteiger partial charge >= 0.3 is 6.09 Å². The first-order valence-electron chi connectivity index (χ1n) is 9.08. The minimum atomic E-state index is -0.362. The van der Waals surface area contributed by atoms with Crippen molar-refractivity contribution in [1.82, 2.24) is 14.8 Å². The molecule has 6 heteroatoms. The molecule has 1 fully saturated rings. The fraction of sp³-hybridized carbons (Fsp3) is 0.333. The molecular weight excluding hydrogens is 340 g/mol. The molecule has 1 aliphatic heterocycles. The molecule has 1 saturated heterocycles. The summed E-state index contributed by atoms with van der Waals surface area (Å²) in [7, 11) is 0. The molecule has 0 saturated carbocycles. The minimum absolute atomic E-state index is 0.0664. The Morgan fingerprint density at radius 3 is 2.85 bits per heavy atom. The molecule has 0 radical (unpaired) electrons. The van der Waals surface area contributed by atoms with Crippen LogP contribution in [0.5, 0.6) is 5.75 Å². The number of pyridine rings is 1. The number of amides is 1. The molecular formula is C21H26N4O2. The molecule has 1 amide bonds. The average molecular weight is 366 g/mol. The van der Waals surface area contributed by atoms with E-state index >= 15 is 0 Å². The van der Waals surface area contributed by atoms with Crippen molar-refractivity contribution in [3.05, 3.63) is 66.0 Å². The number of aryl methyl sites for hydroxylation is 1. The van der Waals surface area contributed by atoms with Crippen LogP contribution in [0.1, 0.15) is 23.6 Å². The Morgan fingerprint density at radius 2 is 2.15 bits per heavy atom. The summed E-state index contributed by atoms with van der Waals surface area (Å²) in [6, 6.07) is 10.3. The lowest BCUT2D eigenvalue weighted by atomic mass is 10.1. The van der Waals surface area contributed by atoms with Crippen molar-refractivity contribution >= 4 is 11.8 Å². The van der Waals surface area contributed by atoms with E-state index in [1.807, 2.05) is 6.92 Å². The molecule has 1 aliphatic rings. The van der Waals surface area contributed by atoms with Gasteiger partial charge in [0.15, 0.2) is 5.75 Å². The van der Waals surface area contributed by atoms with Gasteiger partial charge in [0.05, 0.1) is 6.20 Å². The van der Waals surface area contributed by atoms with Gasteiger partial charge in [-0.1, -0.05) is 36.4 Å². The predicted octanol–water partition coefficient (Wildman–Crippen LogP) is 3.02. The van der Waals surface area contributed by atoms with Crippen LogP contribution in [0.25, 0.3) is 5.70 Å². The highest BCUT2D eigenvalue weighted by molar-refractivity contribution is 5.72. The second-order valence-corrected chi connectivity index (χ2v) is 7.07. The lowest BCUT2D eigenvalue weighted by Crippen LogP contribution is -2.54. The topological polar surface area (TPSA) is 71.7 Å². The van der Waals surface area contributed by atoms with Crippen LogP contribution < -0.4 is 10.5 Å². The molecule has 142 valence electrons. The van der Waals surface area contributed by atoms with E-state index in [4.69, 9.17) is 10.5 Å². The Bertz CT molecular complexity index is 836. The van der Waals surface area contributed by atoms with E-state index in [-0.39, 0.29) is 12.1 Å². The Labute approximate surface area is 160 Å². The summed E-state index contributed by atoms with van der Waals surface area (Å²) in [4.78, 5) is 20.7. The van der Waals surface area contributed by atoms with Gasteiger partial charge in [0.1, 0.15) is 0 Å². The van der Waals surface area contributed by atoms with Gasteiger partial charge in [-0.15, -0.1) is 0 Å². The second-order valence-electron chi connectivity index (χ2n) is 7.07. The average Bonchev–Trinajstić information content (AvgIpc) is 2.62. The van der Waals surface area contributed by atoms with Crippen molar-refractivity contribution in [3.8, 4) is 5.75 Å². The number of carbonyl (C=O) groups excluding carboxylic acids is 1. The summed E-state index contributed by atoms with van der Waals surface area (Å²) < 4.78 is 5.49. The van der Waals surface area contributed by atoms with Crippen LogP contribution in [-0.4, -0.2) is 46.6 Å². The zero-order chi connectivity index (χ0) is 19.4. The third-order valence-corrected chi connectivity index (χ3v) is 4.72. The number of hydrogen-bond donors (Lipinski definition) is 1. The first-order valence-corrected chi connectivity index (χ1v) is 9.08. The van der Waals surface area contributed by atoms with Crippen molar-refractivity contribution in [2.24, 2.45) is 5.73 Å². The number of nitrogens with zero attached hydrogens (tertiary/aromatic N) is 3. The molecule has 2 aromatic rings. The molecule has 1 aromatic heterocycles. The van der Waals surface area contributed by atoms with Crippen molar-refractivity contribution in [1.29, 1.82) is 0 Å². The first-order chi connectivity index (χ1) is 12.9. The van der Waals surface area contributed by atoms with Crippen LogP contribution >= 0.6 is 0 Å². The standard InChI is InChI=1S/C21H26N4O2/c1-15-5-4-6-18(9-15)14-24-7-8-25(16(2)13-24)21(26)27-20-10-19(17(3)22)11-23-12-20/h4-6,9-12,16H,3,7-8,13-14,22H2,1-2H3/t16-/m1/s1. The second kappa shape index (κ2) is 8.22. The SMILES string of the molecule is C=C(N)c1cncc(OC(=O)N2CCN(Cc3cccc(C)c3)C[C@H]2C)c1. The van der Waals surface area contributed by atoms with E-state index in [0.29, 0.717) is 23.6 Å². The van der Waals surface area contributed by atoms with Gasteiger partial charge in [-0.2, -0.15) is 0 Å². The van der Waals surface area contributed by atoms with Crippen molar-refractivity contribution in [2.75, 3.05) is 19.6 Å². The minimum Gasteiger partial charge on any atom is -0.409 e. The number of aromatic nitrogens is 1. The smallest absolute Gasteiger partial charge is 0.409 e. The van der Waals surface area contributed by atoms with Gasteiger partial charge < -0.3 is 15.4 Å². The van der Waals surface area contributed by atoms with Crippen molar-refractivity contribution in [3.63, 3.8) is 0 Å². The number of piperazine rings is 1. The fourth-order valence-electron chi connectivity index (χ4n) is 3.33. The molecule has 2 N–H and O–H groups in total. The third-order valence-electron chi connectivity index (χ3n) is 4.72. The summed E-state index contributed by atoms with van der Waals surface area (Å²) >= 11 is 0. The fourth-order valence-corrected chi connectivity index (χ4v) is 3.33. The summed E-state index contributed by atoms with van der Waals surface area (Å²) in [6.07, 6.45) is 2.73. The summed E-state index contributed by atoms with van der Waals surface area (Å²) in [5.74, 6) is 0.374. The Hall–Kier alpha value is -2.86. The Kier molecular flexibility index (Phi) is 5.76. The number of ether oxygens (including phenoxy) is 1. The zero-order valence-electron chi connectivity index (χ0n) is 15.9. The highest BCUT2D eigenvalue weighted by Crippen LogP contribution is 2.18. The zero-order valence-corrected chi connectivity index (χ0v) is 15.9. The summed E-state index contributed by atoms with van der Waals surface area (Å²) in [6.45, 7) is 11.0. The molecule has 0 spiro atoms. The highest BCUT2D eigenvalue weighted by Gasteiger charge is 2.28. The van der Waals surface area contributed by atoms with E-state index < -0.39 is 0 Å². The molecule has 27 heavy (non-hydrogen) atoms. The van der Waals surface area contributed by atoms with Crippen molar-refractivity contribution < 1.29 is 9.53 Å². The molecule has 1 atom stereocenters. The maximum Gasteiger partial charge on any atom is 0.415 e. The molecule has 6 nitrogen and oxygen atoms in total.